The van der Waals surface area contributed by atoms with E-state index in [1.54, 1.807) is 59.1 Å². The maximum absolute atomic E-state index is 14.0. The van der Waals surface area contributed by atoms with E-state index in [-0.39, 0.29) is 29.2 Å². The average Bonchev–Trinajstić information content (AvgIpc) is 3.76. The zero-order valence-corrected chi connectivity index (χ0v) is 34.2. The zero-order valence-electron chi connectivity index (χ0n) is 33.4. The Hall–Kier alpha value is -4.81. The largest absolute Gasteiger partial charge is 0.493 e. The van der Waals surface area contributed by atoms with Crippen molar-refractivity contribution in [3.8, 4) is 17.2 Å². The van der Waals surface area contributed by atoms with Gasteiger partial charge in [-0.15, -0.1) is 0 Å². The molecule has 298 valence electrons. The van der Waals surface area contributed by atoms with Crippen LogP contribution in [0.5, 0.6) is 17.2 Å². The molecule has 2 aromatic carbocycles. The van der Waals surface area contributed by atoms with Crippen molar-refractivity contribution in [3.05, 3.63) is 94.4 Å². The van der Waals surface area contributed by atoms with Crippen molar-refractivity contribution in [1.82, 2.24) is 9.80 Å². The van der Waals surface area contributed by atoms with Gasteiger partial charge in [-0.2, -0.15) is 11.8 Å². The third-order valence-electron chi connectivity index (χ3n) is 10.7. The Morgan fingerprint density at radius 3 is 2.25 bits per heavy atom. The predicted octanol–water partition coefficient (Wildman–Crippen LogP) is 7.84. The first-order valence-electron chi connectivity index (χ1n) is 19.3. The van der Waals surface area contributed by atoms with Gasteiger partial charge >= 0.3 is 5.97 Å². The molecule has 4 aliphatic rings. The SMILES string of the molecule is C/C=C/C1=CN2C(=O)c3cc(OC)c(OCCCCCOc4cc5c(cc4C)C(=O)N4C=C(/C=C/C)C[C@H]4C(O)C5C(=O)OCC(C)(C)SC)cc3N=C[C@@H]2C1. The highest BCUT2D eigenvalue weighted by Crippen LogP contribution is 2.42. The summed E-state index contributed by atoms with van der Waals surface area (Å²) in [6.45, 7) is 10.7. The van der Waals surface area contributed by atoms with Crippen LogP contribution >= 0.6 is 11.8 Å². The molecule has 0 radical (unpaired) electrons. The van der Waals surface area contributed by atoms with Crippen molar-refractivity contribution in [3.63, 3.8) is 0 Å². The molecule has 4 atom stereocenters. The second-order valence-corrected chi connectivity index (χ2v) is 16.7. The number of thioether (sulfide) groups is 1. The van der Waals surface area contributed by atoms with Crippen LogP contribution in [0.25, 0.3) is 0 Å². The minimum absolute atomic E-state index is 0.124. The molecule has 4 heterocycles. The van der Waals surface area contributed by atoms with Crippen molar-refractivity contribution in [1.29, 1.82) is 0 Å². The number of unbranched alkanes of at least 4 members (excludes halogenated alkanes) is 2. The molecule has 0 saturated carbocycles. The summed E-state index contributed by atoms with van der Waals surface area (Å²) in [4.78, 5) is 49.2. The molecule has 1 N–H and O–H groups in total. The smallest absolute Gasteiger partial charge is 0.316 e. The fourth-order valence-corrected chi connectivity index (χ4v) is 7.65. The molecular weight excluding hydrogens is 731 g/mol. The molecule has 0 saturated heterocycles. The van der Waals surface area contributed by atoms with Crippen LogP contribution in [0, 0.1) is 6.92 Å². The van der Waals surface area contributed by atoms with Crippen molar-refractivity contribution < 1.29 is 38.4 Å². The number of allylic oxidation sites excluding steroid dienone is 4. The molecule has 0 spiro atoms. The van der Waals surface area contributed by atoms with E-state index in [4.69, 9.17) is 18.9 Å². The van der Waals surface area contributed by atoms with Crippen LogP contribution in [0.2, 0.25) is 0 Å². The van der Waals surface area contributed by atoms with Gasteiger partial charge < -0.3 is 33.9 Å². The van der Waals surface area contributed by atoms with Crippen molar-refractivity contribution in [2.24, 2.45) is 4.99 Å². The summed E-state index contributed by atoms with van der Waals surface area (Å²) >= 11 is 1.59. The third kappa shape index (κ3) is 8.61. The van der Waals surface area contributed by atoms with Gasteiger partial charge in [-0.3, -0.25) is 19.4 Å². The first-order valence-corrected chi connectivity index (χ1v) is 20.5. The normalized spacial score (nSPS) is 21.6. The quantitative estimate of drug-likeness (QED) is 0.142. The number of benzene rings is 2. The lowest BCUT2D eigenvalue weighted by Crippen LogP contribution is -2.43. The predicted molar refractivity (Wildman–Crippen MR) is 219 cm³/mol. The summed E-state index contributed by atoms with van der Waals surface area (Å²) in [5.74, 6) is -0.480. The Balaban J connectivity index is 1.09. The molecule has 2 unspecified atom stereocenters. The molecule has 6 rings (SSSR count). The lowest BCUT2D eigenvalue weighted by molar-refractivity contribution is -0.149. The Bertz CT molecular complexity index is 2000. The number of aliphatic hydroxyl groups excluding tert-OH is 1. The van der Waals surface area contributed by atoms with E-state index in [1.165, 1.54) is 0 Å². The van der Waals surface area contributed by atoms with Crippen molar-refractivity contribution >= 4 is 41.4 Å². The highest BCUT2D eigenvalue weighted by atomic mass is 32.2. The number of esters is 1. The van der Waals surface area contributed by atoms with Crippen LogP contribution in [-0.2, 0) is 9.53 Å². The Morgan fingerprint density at radius 1 is 0.911 bits per heavy atom. The van der Waals surface area contributed by atoms with Crippen LogP contribution < -0.4 is 14.2 Å². The summed E-state index contributed by atoms with van der Waals surface area (Å²) in [7, 11) is 1.55. The van der Waals surface area contributed by atoms with Gasteiger partial charge in [0.05, 0.1) is 49.8 Å². The second kappa shape index (κ2) is 17.5. The first kappa shape index (κ1) is 40.8. The molecular formula is C44H53N3O8S. The molecule has 0 bridgehead atoms. The number of amides is 2. The van der Waals surface area contributed by atoms with Gasteiger partial charge in [-0.05, 0) is 113 Å². The van der Waals surface area contributed by atoms with Crippen LogP contribution in [0.3, 0.4) is 0 Å². The number of ether oxygens (including phenoxy) is 4. The highest BCUT2D eigenvalue weighted by molar-refractivity contribution is 7.99. The van der Waals surface area contributed by atoms with Gasteiger partial charge in [0, 0.05) is 35.0 Å². The second-order valence-electron chi connectivity index (χ2n) is 15.2. The Labute approximate surface area is 334 Å². The zero-order chi connectivity index (χ0) is 40.1. The molecule has 4 aliphatic heterocycles. The van der Waals surface area contributed by atoms with Gasteiger partial charge in [0.15, 0.2) is 11.5 Å². The van der Waals surface area contributed by atoms with E-state index in [0.717, 1.165) is 36.0 Å². The van der Waals surface area contributed by atoms with Crippen molar-refractivity contribution in [2.45, 2.75) is 95.6 Å². The van der Waals surface area contributed by atoms with Gasteiger partial charge in [0.2, 0.25) is 0 Å². The third-order valence-corrected chi connectivity index (χ3v) is 11.9. The molecule has 11 nitrogen and oxygen atoms in total. The fraction of sp³-hybridized carbons (Fsp3) is 0.455. The molecule has 0 aliphatic carbocycles. The molecule has 0 fully saturated rings. The van der Waals surface area contributed by atoms with Crippen LogP contribution in [-0.4, -0.2) is 95.0 Å². The first-order chi connectivity index (χ1) is 26.9. The van der Waals surface area contributed by atoms with Crippen LogP contribution in [0.4, 0.5) is 5.69 Å². The molecule has 12 heteroatoms. The minimum Gasteiger partial charge on any atom is -0.493 e. The van der Waals surface area contributed by atoms with Gasteiger partial charge in [0.1, 0.15) is 18.3 Å². The van der Waals surface area contributed by atoms with Gasteiger partial charge in [-0.25, -0.2) is 0 Å². The molecule has 2 amide bonds. The van der Waals surface area contributed by atoms with Crippen LogP contribution in [0.15, 0.2) is 77.1 Å². The maximum Gasteiger partial charge on any atom is 0.316 e. The number of nitrogens with zero attached hydrogens (tertiary/aromatic N) is 3. The number of aliphatic imine (C=N–C) groups is 1. The van der Waals surface area contributed by atoms with E-state index >= 15 is 0 Å². The molecule has 56 heavy (non-hydrogen) atoms. The number of rotatable bonds is 15. The van der Waals surface area contributed by atoms with E-state index in [1.807, 2.05) is 77.6 Å². The summed E-state index contributed by atoms with van der Waals surface area (Å²) in [6.07, 6.45) is 17.5. The van der Waals surface area contributed by atoms with Crippen molar-refractivity contribution in [2.75, 3.05) is 33.2 Å². The number of aliphatic hydroxyl groups is 1. The Kier molecular flexibility index (Phi) is 12.8. The summed E-state index contributed by atoms with van der Waals surface area (Å²) in [6, 6.07) is 6.23. The average molecular weight is 784 g/mol. The number of aryl methyl sites for hydroxylation is 1. The lowest BCUT2D eigenvalue weighted by atomic mass is 9.86. The van der Waals surface area contributed by atoms with E-state index < -0.39 is 24.0 Å². The van der Waals surface area contributed by atoms with E-state index in [2.05, 4.69) is 4.99 Å². The minimum atomic E-state index is -1.18. The molecule has 2 aromatic rings. The number of hydrogen-bond acceptors (Lipinski definition) is 10. The number of carbonyl (C=O) groups excluding carboxylic acids is 3. The number of fused-ring (bicyclic) bond motifs is 4. The summed E-state index contributed by atoms with van der Waals surface area (Å²) in [5, 5.41) is 11.8. The lowest BCUT2D eigenvalue weighted by Gasteiger charge is -2.29. The van der Waals surface area contributed by atoms with Crippen LogP contribution in [0.1, 0.15) is 97.6 Å². The summed E-state index contributed by atoms with van der Waals surface area (Å²) < 4.78 is 23.5. The maximum atomic E-state index is 14.0. The topological polar surface area (TPSA) is 127 Å². The van der Waals surface area contributed by atoms with E-state index in [0.29, 0.717) is 65.7 Å². The highest BCUT2D eigenvalue weighted by Gasteiger charge is 2.47. The fourth-order valence-electron chi connectivity index (χ4n) is 7.47. The number of hydrogen-bond donors (Lipinski definition) is 1. The summed E-state index contributed by atoms with van der Waals surface area (Å²) in [5.41, 5.74) is 4.53. The van der Waals surface area contributed by atoms with Gasteiger partial charge in [-0.1, -0.05) is 24.3 Å². The molecule has 0 aromatic heterocycles. The Morgan fingerprint density at radius 2 is 1.57 bits per heavy atom. The monoisotopic (exact) mass is 783 g/mol. The number of methoxy groups -OCH3 is 1. The van der Waals surface area contributed by atoms with E-state index in [9.17, 15) is 19.5 Å². The number of carbonyl (C=O) groups is 3. The van der Waals surface area contributed by atoms with Gasteiger partial charge in [0.25, 0.3) is 11.8 Å². The standard InChI is InChI=1S/C44H53N3O8S/c1-8-13-28-18-30-23-45-34-22-38(37(52-6)21-33(34)42(50)46(30)24-28)54-16-12-10-11-15-53-36-20-31-32(17-27(36)3)41(49)47-25-29(14-9-2)19-35(47)40(48)39(31)43(51)55-26-44(4,5)56-7/h8-9,13-14,17,20-25,30,35,39-40,48H,10-12,15-16,18-19,26H2,1-7H3/b13-8+,14-9+/t30-,35-,39?,40?/m0/s1.